The summed E-state index contributed by atoms with van der Waals surface area (Å²) in [7, 11) is -2.52. The number of carbonyl (C=O) groups is 3. The van der Waals surface area contributed by atoms with Crippen molar-refractivity contribution in [2.75, 3.05) is 26.8 Å². The lowest BCUT2D eigenvalue weighted by Crippen LogP contribution is -2.46. The van der Waals surface area contributed by atoms with Gasteiger partial charge in [0.1, 0.15) is 10.6 Å². The minimum Gasteiger partial charge on any atom is -0.495 e. The molecule has 2 N–H and O–H groups in total. The Morgan fingerprint density at radius 2 is 1.65 bits per heavy atom. The minimum atomic E-state index is -3.88. The number of ether oxygens (including phenoxy) is 2. The summed E-state index contributed by atoms with van der Waals surface area (Å²) < 4.78 is 38.1. The Labute approximate surface area is 200 Å². The quantitative estimate of drug-likeness (QED) is 0.556. The van der Waals surface area contributed by atoms with Gasteiger partial charge in [0.2, 0.25) is 10.0 Å². The fraction of sp³-hybridized carbons (Fsp3) is 0.609. The zero-order valence-electron chi connectivity index (χ0n) is 19.5. The van der Waals surface area contributed by atoms with Crippen LogP contribution in [0.3, 0.4) is 0 Å². The largest absolute Gasteiger partial charge is 0.495 e. The molecule has 0 atom stereocenters. The molecule has 1 aromatic rings. The Morgan fingerprint density at radius 3 is 2.29 bits per heavy atom. The molecule has 1 aliphatic carbocycles. The van der Waals surface area contributed by atoms with Crippen LogP contribution in [0.2, 0.25) is 0 Å². The maximum absolute atomic E-state index is 13.2. The fourth-order valence-corrected chi connectivity index (χ4v) is 5.97. The van der Waals surface area contributed by atoms with E-state index in [-0.39, 0.29) is 22.3 Å². The number of imide groups is 1. The van der Waals surface area contributed by atoms with E-state index in [9.17, 15) is 22.8 Å². The van der Waals surface area contributed by atoms with Gasteiger partial charge in [-0.2, -0.15) is 4.31 Å². The molecule has 3 rings (SSSR count). The van der Waals surface area contributed by atoms with Crippen LogP contribution in [-0.4, -0.2) is 63.5 Å². The average molecular weight is 496 g/mol. The van der Waals surface area contributed by atoms with Crippen molar-refractivity contribution in [1.29, 1.82) is 0 Å². The molecule has 10 nitrogen and oxygen atoms in total. The van der Waals surface area contributed by atoms with Gasteiger partial charge in [0.25, 0.3) is 5.91 Å². The molecule has 0 bridgehead atoms. The van der Waals surface area contributed by atoms with Crippen LogP contribution >= 0.6 is 0 Å². The van der Waals surface area contributed by atoms with Crippen molar-refractivity contribution in [3.63, 3.8) is 0 Å². The van der Waals surface area contributed by atoms with E-state index in [0.717, 1.165) is 57.8 Å². The molecule has 0 spiro atoms. The number of benzene rings is 1. The molecule has 0 unspecified atom stereocenters. The Morgan fingerprint density at radius 1 is 1.00 bits per heavy atom. The first-order valence-corrected chi connectivity index (χ1v) is 13.2. The van der Waals surface area contributed by atoms with Gasteiger partial charge in [-0.15, -0.1) is 0 Å². The van der Waals surface area contributed by atoms with Gasteiger partial charge in [-0.25, -0.2) is 18.0 Å². The zero-order chi connectivity index (χ0) is 24.6. The number of urea groups is 1. The molecular weight excluding hydrogens is 462 g/mol. The lowest BCUT2D eigenvalue weighted by Gasteiger charge is -2.22. The Kier molecular flexibility index (Phi) is 9.28. The molecule has 1 aromatic carbocycles. The van der Waals surface area contributed by atoms with Gasteiger partial charge in [0, 0.05) is 19.1 Å². The van der Waals surface area contributed by atoms with E-state index in [1.165, 1.54) is 29.6 Å². The number of rotatable bonds is 7. The first kappa shape index (κ1) is 26.0. The highest BCUT2D eigenvalue weighted by molar-refractivity contribution is 7.89. The molecule has 0 radical (unpaired) electrons. The van der Waals surface area contributed by atoms with Gasteiger partial charge in [-0.3, -0.25) is 10.1 Å². The number of carbonyl (C=O) groups excluding carboxylic acids is 3. The molecule has 2 aliphatic rings. The van der Waals surface area contributed by atoms with Crippen LogP contribution in [-0.2, 0) is 19.6 Å². The van der Waals surface area contributed by atoms with Gasteiger partial charge in [0.05, 0.1) is 12.7 Å². The van der Waals surface area contributed by atoms with Gasteiger partial charge in [-0.1, -0.05) is 32.1 Å². The van der Waals surface area contributed by atoms with Crippen molar-refractivity contribution < 1.29 is 32.3 Å². The first-order chi connectivity index (χ1) is 16.3. The summed E-state index contributed by atoms with van der Waals surface area (Å²) in [5, 5.41) is 4.89. The minimum absolute atomic E-state index is 0.0337. The summed E-state index contributed by atoms with van der Waals surface area (Å²) >= 11 is 0. The Bertz CT molecular complexity index is 982. The van der Waals surface area contributed by atoms with Crippen molar-refractivity contribution in [3.05, 3.63) is 23.8 Å². The maximum atomic E-state index is 13.2. The number of methoxy groups -OCH3 is 1. The molecule has 0 aromatic heterocycles. The van der Waals surface area contributed by atoms with Crippen LogP contribution in [0.15, 0.2) is 23.1 Å². The molecule has 3 amide bonds. The monoisotopic (exact) mass is 495 g/mol. The Hall–Kier alpha value is -2.66. The van der Waals surface area contributed by atoms with Gasteiger partial charge >= 0.3 is 12.0 Å². The van der Waals surface area contributed by atoms with Crippen LogP contribution in [0, 0.1) is 0 Å². The summed E-state index contributed by atoms with van der Waals surface area (Å²) in [6.45, 7) is 0.143. The van der Waals surface area contributed by atoms with E-state index in [1.807, 2.05) is 0 Å². The standard InChI is InChI=1S/C23H33N3O7S/c1-32-19-12-11-17(15-20(19)34(30,31)26-13-7-2-3-8-14-26)22(28)33-16-21(27)25-23(29)24-18-9-5-4-6-10-18/h11-12,15,18H,2-10,13-14,16H2,1H3,(H2,24,25,27,29). The summed E-state index contributed by atoms with van der Waals surface area (Å²) in [5.74, 6) is -1.52. The molecule has 11 heteroatoms. The number of esters is 1. The molecule has 1 saturated heterocycles. The van der Waals surface area contributed by atoms with E-state index < -0.39 is 34.5 Å². The maximum Gasteiger partial charge on any atom is 0.338 e. The third-order valence-corrected chi connectivity index (χ3v) is 8.03. The normalized spacial score (nSPS) is 17.9. The van der Waals surface area contributed by atoms with Crippen molar-refractivity contribution in [1.82, 2.24) is 14.9 Å². The highest BCUT2D eigenvalue weighted by Gasteiger charge is 2.29. The second-order valence-electron chi connectivity index (χ2n) is 8.62. The van der Waals surface area contributed by atoms with Crippen LogP contribution in [0.5, 0.6) is 5.75 Å². The van der Waals surface area contributed by atoms with Gasteiger partial charge in [-0.05, 0) is 43.9 Å². The molecular formula is C23H33N3O7S. The van der Waals surface area contributed by atoms with E-state index in [4.69, 9.17) is 9.47 Å². The summed E-state index contributed by atoms with van der Waals surface area (Å²) in [6.07, 6.45) is 8.43. The number of nitrogens with one attached hydrogen (secondary N) is 2. The summed E-state index contributed by atoms with van der Waals surface area (Å²) in [5.41, 5.74) is -0.0337. The van der Waals surface area contributed by atoms with Gasteiger partial charge < -0.3 is 14.8 Å². The molecule has 188 valence electrons. The topological polar surface area (TPSA) is 131 Å². The van der Waals surface area contributed by atoms with Gasteiger partial charge in [0.15, 0.2) is 6.61 Å². The van der Waals surface area contributed by atoms with Crippen molar-refractivity contribution in [2.24, 2.45) is 0 Å². The lowest BCUT2D eigenvalue weighted by atomic mass is 9.96. The molecule has 2 fully saturated rings. The summed E-state index contributed by atoms with van der Waals surface area (Å²) in [6, 6.07) is 3.38. The van der Waals surface area contributed by atoms with Crippen molar-refractivity contribution in [2.45, 2.75) is 68.7 Å². The second-order valence-corrected chi connectivity index (χ2v) is 10.5. The van der Waals surface area contributed by atoms with E-state index in [1.54, 1.807) is 0 Å². The number of hydrogen-bond donors (Lipinski definition) is 2. The highest BCUT2D eigenvalue weighted by atomic mass is 32.2. The first-order valence-electron chi connectivity index (χ1n) is 11.8. The van der Waals surface area contributed by atoms with Crippen LogP contribution in [0.25, 0.3) is 0 Å². The Balaban J connectivity index is 1.61. The molecule has 1 saturated carbocycles. The second kappa shape index (κ2) is 12.2. The number of nitrogens with zero attached hydrogens (tertiary/aromatic N) is 1. The molecule has 34 heavy (non-hydrogen) atoms. The van der Waals surface area contributed by atoms with Crippen LogP contribution in [0.1, 0.15) is 68.1 Å². The van der Waals surface area contributed by atoms with E-state index >= 15 is 0 Å². The predicted octanol–water partition coefficient (Wildman–Crippen LogP) is 2.58. The smallest absolute Gasteiger partial charge is 0.338 e. The predicted molar refractivity (Wildman–Crippen MR) is 124 cm³/mol. The zero-order valence-corrected chi connectivity index (χ0v) is 20.3. The van der Waals surface area contributed by atoms with Crippen LogP contribution in [0.4, 0.5) is 4.79 Å². The SMILES string of the molecule is COc1ccc(C(=O)OCC(=O)NC(=O)NC2CCCCC2)cc1S(=O)(=O)N1CCCCCC1. The van der Waals surface area contributed by atoms with Crippen molar-refractivity contribution >= 4 is 27.9 Å². The van der Waals surface area contributed by atoms with Crippen molar-refractivity contribution in [3.8, 4) is 5.75 Å². The fourth-order valence-electron chi connectivity index (χ4n) is 4.27. The number of amides is 3. The van der Waals surface area contributed by atoms with Crippen LogP contribution < -0.4 is 15.4 Å². The van der Waals surface area contributed by atoms with E-state index in [0.29, 0.717) is 13.1 Å². The third kappa shape index (κ3) is 6.92. The lowest BCUT2D eigenvalue weighted by molar-refractivity contribution is -0.123. The third-order valence-electron chi connectivity index (χ3n) is 6.11. The average Bonchev–Trinajstić information content (AvgIpc) is 3.13. The summed E-state index contributed by atoms with van der Waals surface area (Å²) in [4.78, 5) is 36.4. The van der Waals surface area contributed by atoms with E-state index in [2.05, 4.69) is 10.6 Å². The number of hydrogen-bond acceptors (Lipinski definition) is 7. The molecule has 1 aliphatic heterocycles. The number of sulfonamides is 1. The highest BCUT2D eigenvalue weighted by Crippen LogP contribution is 2.29. The molecule has 1 heterocycles.